The molecule has 12 heteroatoms. The Balaban J connectivity index is 1.34. The lowest BCUT2D eigenvalue weighted by Crippen LogP contribution is -2.54. The van der Waals surface area contributed by atoms with Gasteiger partial charge in [0, 0.05) is 37.3 Å². The topological polar surface area (TPSA) is 105 Å². The molecule has 4 rings (SSSR count). The van der Waals surface area contributed by atoms with Crippen molar-refractivity contribution in [2.24, 2.45) is 11.7 Å². The maximum Gasteiger partial charge on any atom is 0.280 e. The fraction of sp³-hybridized carbons (Fsp3) is 0.667. The number of nitrogens with two attached hydrogens (primary N) is 1. The van der Waals surface area contributed by atoms with Gasteiger partial charge in [-0.1, -0.05) is 0 Å². The third kappa shape index (κ3) is 5.35. The summed E-state index contributed by atoms with van der Waals surface area (Å²) in [6, 6.07) is 0.758. The zero-order valence-corrected chi connectivity index (χ0v) is 19.0. The van der Waals surface area contributed by atoms with E-state index in [1.165, 1.54) is 4.31 Å². The molecule has 3 saturated heterocycles. The maximum absolute atomic E-state index is 14.0. The Morgan fingerprint density at radius 1 is 1.09 bits per heavy atom. The summed E-state index contributed by atoms with van der Waals surface area (Å²) >= 11 is 0. The summed E-state index contributed by atoms with van der Waals surface area (Å²) < 4.78 is 74.4. The molecular formula is C21H29F3N4O4S. The van der Waals surface area contributed by atoms with Crippen LogP contribution in [0.2, 0.25) is 0 Å². The van der Waals surface area contributed by atoms with Crippen molar-refractivity contribution < 1.29 is 31.1 Å². The number of carbonyl (C=O) groups excluding carboxylic acids is 1. The number of amides is 1. The van der Waals surface area contributed by atoms with Gasteiger partial charge >= 0.3 is 0 Å². The van der Waals surface area contributed by atoms with Crippen LogP contribution in [0.5, 0.6) is 0 Å². The van der Waals surface area contributed by atoms with Crippen molar-refractivity contribution in [2.45, 2.75) is 50.2 Å². The molecule has 8 nitrogen and oxygen atoms in total. The lowest BCUT2D eigenvalue weighted by molar-refractivity contribution is -0.135. The van der Waals surface area contributed by atoms with E-state index in [0.717, 1.165) is 18.9 Å². The molecule has 3 N–H and O–H groups in total. The smallest absolute Gasteiger partial charge is 0.280 e. The first-order valence-corrected chi connectivity index (χ1v) is 12.6. The fourth-order valence-electron chi connectivity index (χ4n) is 5.24. The minimum Gasteiger partial charge on any atom is -0.379 e. The van der Waals surface area contributed by atoms with E-state index in [-0.39, 0.29) is 55.5 Å². The standard InChI is InChI=1S/C21H29F3N4O4S/c22-17-11-19(24)18(23)9-13(17)10-20(25)14-7-15-1-2-16(8-14)28(15)21(29)12-26-33(30,31)27-3-5-32-6-4-27/h9,11,14-16,20,26H,1-8,10,12,25H2. The molecule has 0 spiro atoms. The molecule has 0 aliphatic carbocycles. The van der Waals surface area contributed by atoms with Gasteiger partial charge in [0.1, 0.15) is 5.82 Å². The Morgan fingerprint density at radius 2 is 1.70 bits per heavy atom. The summed E-state index contributed by atoms with van der Waals surface area (Å²) in [6.07, 6.45) is 2.85. The Hall–Kier alpha value is -1.73. The van der Waals surface area contributed by atoms with E-state index in [0.29, 0.717) is 32.1 Å². The van der Waals surface area contributed by atoms with Crippen molar-refractivity contribution in [3.05, 3.63) is 35.1 Å². The molecule has 0 radical (unpaired) electrons. The van der Waals surface area contributed by atoms with Crippen LogP contribution >= 0.6 is 0 Å². The van der Waals surface area contributed by atoms with Crippen molar-refractivity contribution in [1.29, 1.82) is 0 Å². The van der Waals surface area contributed by atoms with E-state index in [2.05, 4.69) is 4.72 Å². The Morgan fingerprint density at radius 3 is 2.33 bits per heavy atom. The number of ether oxygens (including phenoxy) is 1. The molecule has 1 aromatic carbocycles. The number of fused-ring (bicyclic) bond motifs is 2. The largest absolute Gasteiger partial charge is 0.379 e. The molecule has 1 aromatic rings. The van der Waals surface area contributed by atoms with E-state index in [9.17, 15) is 26.4 Å². The lowest BCUT2D eigenvalue weighted by Gasteiger charge is -2.41. The van der Waals surface area contributed by atoms with Crippen LogP contribution in [-0.2, 0) is 26.2 Å². The highest BCUT2D eigenvalue weighted by Crippen LogP contribution is 2.40. The maximum atomic E-state index is 14.0. The van der Waals surface area contributed by atoms with Crippen molar-refractivity contribution in [1.82, 2.24) is 13.9 Å². The highest BCUT2D eigenvalue weighted by molar-refractivity contribution is 7.87. The summed E-state index contributed by atoms with van der Waals surface area (Å²) in [7, 11) is -3.76. The second-order valence-electron chi connectivity index (χ2n) is 8.98. The minimum atomic E-state index is -3.76. The van der Waals surface area contributed by atoms with Gasteiger partial charge in [0.25, 0.3) is 10.2 Å². The molecule has 3 heterocycles. The van der Waals surface area contributed by atoms with Crippen LogP contribution in [0.25, 0.3) is 0 Å². The summed E-state index contributed by atoms with van der Waals surface area (Å²) in [6.45, 7) is 0.819. The SMILES string of the molecule is NC(Cc1cc(F)c(F)cc1F)C1CC2CCC(C1)N2C(=O)CNS(=O)(=O)N1CCOCC1. The van der Waals surface area contributed by atoms with Crippen LogP contribution < -0.4 is 10.5 Å². The number of benzene rings is 1. The number of piperidine rings is 1. The van der Waals surface area contributed by atoms with Crippen molar-refractivity contribution in [2.75, 3.05) is 32.8 Å². The molecule has 3 aliphatic rings. The highest BCUT2D eigenvalue weighted by Gasteiger charge is 2.44. The van der Waals surface area contributed by atoms with Crippen LogP contribution in [0, 0.1) is 23.4 Å². The van der Waals surface area contributed by atoms with Gasteiger partial charge in [-0.25, -0.2) is 13.2 Å². The van der Waals surface area contributed by atoms with E-state index in [4.69, 9.17) is 10.5 Å². The highest BCUT2D eigenvalue weighted by atomic mass is 32.2. The minimum absolute atomic E-state index is 0.0101. The first-order valence-electron chi connectivity index (χ1n) is 11.2. The molecule has 184 valence electrons. The number of hydrogen-bond donors (Lipinski definition) is 2. The quantitative estimate of drug-likeness (QED) is 0.553. The third-order valence-corrected chi connectivity index (χ3v) is 8.48. The van der Waals surface area contributed by atoms with E-state index in [1.807, 2.05) is 0 Å². The summed E-state index contributed by atoms with van der Waals surface area (Å²) in [5.74, 6) is -3.47. The average Bonchev–Trinajstić information content (AvgIpc) is 3.05. The van der Waals surface area contributed by atoms with Gasteiger partial charge in [-0.05, 0) is 49.7 Å². The Bertz CT molecular complexity index is 976. The van der Waals surface area contributed by atoms with Gasteiger partial charge < -0.3 is 15.4 Å². The predicted octanol–water partition coefficient (Wildman–Crippen LogP) is 0.910. The molecular weight excluding hydrogens is 461 g/mol. The number of nitrogens with zero attached hydrogens (tertiary/aromatic N) is 2. The van der Waals surface area contributed by atoms with Gasteiger partial charge in [0.05, 0.1) is 19.8 Å². The second kappa shape index (κ2) is 9.87. The fourth-order valence-corrected chi connectivity index (χ4v) is 6.36. The van der Waals surface area contributed by atoms with Crippen LogP contribution in [0.15, 0.2) is 12.1 Å². The number of halogens is 3. The zero-order valence-electron chi connectivity index (χ0n) is 18.2. The normalized spacial score (nSPS) is 27.0. The lowest BCUT2D eigenvalue weighted by atomic mass is 9.82. The Kier molecular flexibility index (Phi) is 7.29. The van der Waals surface area contributed by atoms with Crippen molar-refractivity contribution in [3.8, 4) is 0 Å². The molecule has 3 atom stereocenters. The molecule has 1 amide bonds. The van der Waals surface area contributed by atoms with Crippen LogP contribution in [0.3, 0.4) is 0 Å². The first kappa shape index (κ1) is 24.4. The van der Waals surface area contributed by atoms with E-state index in [1.54, 1.807) is 4.90 Å². The molecule has 0 saturated carbocycles. The average molecular weight is 491 g/mol. The number of nitrogens with one attached hydrogen (secondary N) is 1. The summed E-state index contributed by atoms with van der Waals surface area (Å²) in [5, 5.41) is 0. The number of rotatable bonds is 7. The van der Waals surface area contributed by atoms with Crippen molar-refractivity contribution >= 4 is 16.1 Å². The predicted molar refractivity (Wildman–Crippen MR) is 114 cm³/mol. The summed E-state index contributed by atoms with van der Waals surface area (Å²) in [5.41, 5.74) is 6.35. The molecule has 0 aromatic heterocycles. The number of morpholine rings is 1. The first-order chi connectivity index (χ1) is 15.7. The third-order valence-electron chi connectivity index (χ3n) is 6.92. The van der Waals surface area contributed by atoms with Crippen LogP contribution in [-0.4, -0.2) is 74.5 Å². The van der Waals surface area contributed by atoms with E-state index >= 15 is 0 Å². The van der Waals surface area contributed by atoms with Gasteiger partial charge in [0.15, 0.2) is 11.6 Å². The van der Waals surface area contributed by atoms with E-state index < -0.39 is 33.7 Å². The molecule has 3 unspecified atom stereocenters. The molecule has 2 bridgehead atoms. The Labute approximate surface area is 191 Å². The van der Waals surface area contributed by atoms with Gasteiger partial charge in [-0.3, -0.25) is 4.79 Å². The monoisotopic (exact) mass is 490 g/mol. The van der Waals surface area contributed by atoms with Gasteiger partial charge in [-0.2, -0.15) is 17.4 Å². The second-order valence-corrected chi connectivity index (χ2v) is 10.7. The van der Waals surface area contributed by atoms with Crippen LogP contribution in [0.4, 0.5) is 13.2 Å². The molecule has 3 aliphatic heterocycles. The van der Waals surface area contributed by atoms with Crippen molar-refractivity contribution in [3.63, 3.8) is 0 Å². The number of hydrogen-bond acceptors (Lipinski definition) is 5. The van der Waals surface area contributed by atoms with Crippen LogP contribution in [0.1, 0.15) is 31.2 Å². The zero-order chi connectivity index (χ0) is 23.8. The number of carbonyl (C=O) groups is 1. The molecule has 3 fully saturated rings. The van der Waals surface area contributed by atoms with Gasteiger partial charge in [-0.15, -0.1) is 0 Å². The van der Waals surface area contributed by atoms with Gasteiger partial charge in [0.2, 0.25) is 5.91 Å². The molecule has 33 heavy (non-hydrogen) atoms. The summed E-state index contributed by atoms with van der Waals surface area (Å²) in [4.78, 5) is 14.6.